The van der Waals surface area contributed by atoms with Gasteiger partial charge in [0.1, 0.15) is 0 Å². The second-order valence-electron chi connectivity index (χ2n) is 4.68. The van der Waals surface area contributed by atoms with Crippen molar-refractivity contribution in [3.05, 3.63) is 29.3 Å². The van der Waals surface area contributed by atoms with Crippen molar-refractivity contribution in [2.24, 2.45) is 5.92 Å². The summed E-state index contributed by atoms with van der Waals surface area (Å²) in [6, 6.07) is 5.85. The molecular weight excluding hydrogens is 200 g/mol. The summed E-state index contributed by atoms with van der Waals surface area (Å²) in [5.41, 5.74) is 8.64. The van der Waals surface area contributed by atoms with Gasteiger partial charge in [-0.15, -0.1) is 0 Å². The molecular formula is C13H20N2O. The third kappa shape index (κ3) is 2.36. The summed E-state index contributed by atoms with van der Waals surface area (Å²) in [7, 11) is 0. The Kier molecular flexibility index (Phi) is 3.46. The number of hydrogen-bond donors (Lipinski definition) is 3. The number of benzene rings is 1. The lowest BCUT2D eigenvalue weighted by atomic mass is 9.88. The number of hydrogen-bond acceptors (Lipinski definition) is 3. The summed E-state index contributed by atoms with van der Waals surface area (Å²) in [5.74, 6) is 0.290. The lowest BCUT2D eigenvalue weighted by molar-refractivity contribution is 0.0927. The van der Waals surface area contributed by atoms with Gasteiger partial charge in [-0.2, -0.15) is 0 Å². The average Bonchev–Trinajstić information content (AvgIpc) is 2.32. The van der Waals surface area contributed by atoms with E-state index in [1.807, 2.05) is 25.1 Å². The third-order valence-electron chi connectivity index (χ3n) is 3.34. The number of anilines is 1. The van der Waals surface area contributed by atoms with Crippen molar-refractivity contribution < 1.29 is 5.11 Å². The molecule has 4 N–H and O–H groups in total. The molecule has 0 bridgehead atoms. The number of aliphatic hydroxyl groups is 1. The Balaban J connectivity index is 2.18. The van der Waals surface area contributed by atoms with Gasteiger partial charge in [-0.1, -0.05) is 17.7 Å². The molecule has 0 spiro atoms. The van der Waals surface area contributed by atoms with E-state index >= 15 is 0 Å². The van der Waals surface area contributed by atoms with Gasteiger partial charge in [-0.05, 0) is 32.4 Å². The van der Waals surface area contributed by atoms with Gasteiger partial charge >= 0.3 is 0 Å². The van der Waals surface area contributed by atoms with E-state index < -0.39 is 6.10 Å². The fourth-order valence-electron chi connectivity index (χ4n) is 2.35. The molecule has 1 aliphatic heterocycles. The fraction of sp³-hybridized carbons (Fsp3) is 0.538. The molecule has 1 saturated heterocycles. The van der Waals surface area contributed by atoms with Gasteiger partial charge in [0.15, 0.2) is 0 Å². The van der Waals surface area contributed by atoms with Crippen LogP contribution < -0.4 is 11.1 Å². The smallest absolute Gasteiger partial charge is 0.0850 e. The summed E-state index contributed by atoms with van der Waals surface area (Å²) in [4.78, 5) is 0. The maximum absolute atomic E-state index is 10.3. The van der Waals surface area contributed by atoms with Crippen LogP contribution in [0.2, 0.25) is 0 Å². The molecule has 1 aromatic carbocycles. The van der Waals surface area contributed by atoms with Crippen molar-refractivity contribution in [3.8, 4) is 0 Å². The van der Waals surface area contributed by atoms with E-state index in [2.05, 4.69) is 5.32 Å². The zero-order valence-electron chi connectivity index (χ0n) is 9.74. The normalized spacial score (nSPS) is 23.0. The van der Waals surface area contributed by atoms with Crippen molar-refractivity contribution in [3.63, 3.8) is 0 Å². The number of nitrogens with one attached hydrogen (secondary N) is 1. The Morgan fingerprint density at radius 3 is 3.00 bits per heavy atom. The van der Waals surface area contributed by atoms with E-state index in [1.165, 1.54) is 0 Å². The largest absolute Gasteiger partial charge is 0.398 e. The van der Waals surface area contributed by atoms with Gasteiger partial charge in [0.2, 0.25) is 0 Å². The van der Waals surface area contributed by atoms with Gasteiger partial charge in [0, 0.05) is 23.7 Å². The van der Waals surface area contributed by atoms with Crippen LogP contribution in [0.3, 0.4) is 0 Å². The quantitative estimate of drug-likeness (QED) is 0.664. The summed E-state index contributed by atoms with van der Waals surface area (Å²) >= 11 is 0. The maximum Gasteiger partial charge on any atom is 0.0850 e. The molecule has 1 heterocycles. The maximum atomic E-state index is 10.3. The van der Waals surface area contributed by atoms with Crippen LogP contribution >= 0.6 is 0 Å². The number of aryl methyl sites for hydroxylation is 1. The molecule has 1 aromatic rings. The lowest BCUT2D eigenvalue weighted by Gasteiger charge is -2.28. The first-order valence-electron chi connectivity index (χ1n) is 5.93. The van der Waals surface area contributed by atoms with Crippen molar-refractivity contribution in [1.29, 1.82) is 0 Å². The minimum atomic E-state index is -0.437. The van der Waals surface area contributed by atoms with E-state index in [4.69, 9.17) is 5.73 Å². The van der Waals surface area contributed by atoms with Crippen LogP contribution in [-0.2, 0) is 0 Å². The van der Waals surface area contributed by atoms with Gasteiger partial charge in [-0.25, -0.2) is 0 Å². The van der Waals surface area contributed by atoms with E-state index in [0.29, 0.717) is 5.69 Å². The number of aliphatic hydroxyl groups excluding tert-OH is 1. The minimum absolute atomic E-state index is 0.290. The number of nitrogens with two attached hydrogens (primary N) is 1. The first-order valence-corrected chi connectivity index (χ1v) is 5.93. The Morgan fingerprint density at radius 1 is 1.50 bits per heavy atom. The van der Waals surface area contributed by atoms with Crippen molar-refractivity contribution in [1.82, 2.24) is 5.32 Å². The molecule has 1 fully saturated rings. The lowest BCUT2D eigenvalue weighted by Crippen LogP contribution is -2.33. The van der Waals surface area contributed by atoms with Crippen molar-refractivity contribution in [2.45, 2.75) is 25.9 Å². The van der Waals surface area contributed by atoms with E-state index in [1.54, 1.807) is 0 Å². The fourth-order valence-corrected chi connectivity index (χ4v) is 2.35. The average molecular weight is 220 g/mol. The summed E-state index contributed by atoms with van der Waals surface area (Å²) in [6.45, 7) is 3.97. The van der Waals surface area contributed by atoms with E-state index in [9.17, 15) is 5.11 Å². The van der Waals surface area contributed by atoms with Crippen LogP contribution in [0.15, 0.2) is 18.2 Å². The second-order valence-corrected chi connectivity index (χ2v) is 4.68. The van der Waals surface area contributed by atoms with Crippen molar-refractivity contribution >= 4 is 5.69 Å². The highest BCUT2D eigenvalue weighted by molar-refractivity contribution is 5.49. The molecule has 0 saturated carbocycles. The predicted molar refractivity (Wildman–Crippen MR) is 66.1 cm³/mol. The zero-order chi connectivity index (χ0) is 11.5. The summed E-state index contributed by atoms with van der Waals surface area (Å²) < 4.78 is 0. The Labute approximate surface area is 96.7 Å². The van der Waals surface area contributed by atoms with Crippen LogP contribution in [0, 0.1) is 12.8 Å². The van der Waals surface area contributed by atoms with Gasteiger partial charge in [0.05, 0.1) is 6.10 Å². The molecule has 3 heteroatoms. The first-order chi connectivity index (χ1) is 7.68. The molecule has 2 unspecified atom stereocenters. The molecule has 2 rings (SSSR count). The topological polar surface area (TPSA) is 58.3 Å². The minimum Gasteiger partial charge on any atom is -0.398 e. The number of piperidine rings is 1. The van der Waals surface area contributed by atoms with Crippen molar-refractivity contribution in [2.75, 3.05) is 18.8 Å². The highest BCUT2D eigenvalue weighted by Crippen LogP contribution is 2.31. The molecule has 1 aliphatic rings. The van der Waals surface area contributed by atoms with Crippen LogP contribution in [-0.4, -0.2) is 18.2 Å². The van der Waals surface area contributed by atoms with Crippen LogP contribution in [0.25, 0.3) is 0 Å². The van der Waals surface area contributed by atoms with Gasteiger partial charge < -0.3 is 16.2 Å². The molecule has 16 heavy (non-hydrogen) atoms. The Hall–Kier alpha value is -1.06. The Bertz CT molecular complexity index is 359. The SMILES string of the molecule is Cc1ccc(N)c(C(O)C2CCCNC2)c1. The zero-order valence-corrected chi connectivity index (χ0v) is 9.74. The van der Waals surface area contributed by atoms with Gasteiger partial charge in [0.25, 0.3) is 0 Å². The van der Waals surface area contributed by atoms with Gasteiger partial charge in [-0.3, -0.25) is 0 Å². The number of nitrogen functional groups attached to an aromatic ring is 1. The van der Waals surface area contributed by atoms with E-state index in [-0.39, 0.29) is 5.92 Å². The van der Waals surface area contributed by atoms with Crippen LogP contribution in [0.4, 0.5) is 5.69 Å². The number of rotatable bonds is 2. The molecule has 2 atom stereocenters. The standard InChI is InChI=1S/C13H20N2O/c1-9-4-5-12(14)11(7-9)13(16)10-3-2-6-15-8-10/h4-5,7,10,13,15-16H,2-3,6,8,14H2,1H3. The first kappa shape index (κ1) is 11.4. The monoisotopic (exact) mass is 220 g/mol. The van der Waals surface area contributed by atoms with E-state index in [0.717, 1.165) is 37.1 Å². The van der Waals surface area contributed by atoms with Crippen LogP contribution in [0.1, 0.15) is 30.1 Å². The molecule has 0 amide bonds. The highest BCUT2D eigenvalue weighted by Gasteiger charge is 2.24. The molecule has 3 nitrogen and oxygen atoms in total. The molecule has 0 aliphatic carbocycles. The summed E-state index contributed by atoms with van der Waals surface area (Å²) in [5, 5.41) is 13.6. The predicted octanol–water partition coefficient (Wildman–Crippen LogP) is 1.61. The second kappa shape index (κ2) is 4.85. The molecule has 0 aromatic heterocycles. The molecule has 88 valence electrons. The Morgan fingerprint density at radius 2 is 2.31 bits per heavy atom. The third-order valence-corrected chi connectivity index (χ3v) is 3.34. The summed E-state index contributed by atoms with van der Waals surface area (Å²) in [6.07, 6.45) is 1.77. The van der Waals surface area contributed by atoms with Crippen LogP contribution in [0.5, 0.6) is 0 Å². The molecule has 0 radical (unpaired) electrons. The highest BCUT2D eigenvalue weighted by atomic mass is 16.3.